The molecule has 7 nitrogen and oxygen atoms in total. The van der Waals surface area contributed by atoms with E-state index in [0.717, 1.165) is 18.4 Å². The lowest BCUT2D eigenvalue weighted by Gasteiger charge is -2.25. The average Bonchev–Trinajstić information content (AvgIpc) is 3.16. The molecule has 0 saturated carbocycles. The second kappa shape index (κ2) is 7.99. The molecule has 0 spiro atoms. The monoisotopic (exact) mass is 367 g/mol. The Balaban J connectivity index is 1.64. The van der Waals surface area contributed by atoms with Gasteiger partial charge in [0.1, 0.15) is 0 Å². The van der Waals surface area contributed by atoms with Crippen LogP contribution in [0.25, 0.3) is 0 Å². The third kappa shape index (κ3) is 4.13. The topological polar surface area (TPSA) is 92.6 Å². The molecular formula is C20H21N3O4. The zero-order valence-corrected chi connectivity index (χ0v) is 15.1. The third-order valence-electron chi connectivity index (χ3n) is 4.83. The molecule has 0 aliphatic carbocycles. The number of likely N-dealkylation sites (tertiary alicyclic amines) is 1. The highest BCUT2D eigenvalue weighted by Gasteiger charge is 2.29. The second-order valence-corrected chi connectivity index (χ2v) is 6.60. The summed E-state index contributed by atoms with van der Waals surface area (Å²) in [6.45, 7) is 2.13. The van der Waals surface area contributed by atoms with E-state index in [-0.39, 0.29) is 29.7 Å². The van der Waals surface area contributed by atoms with Crippen molar-refractivity contribution in [1.29, 1.82) is 0 Å². The summed E-state index contributed by atoms with van der Waals surface area (Å²) in [4.78, 5) is 37.2. The van der Waals surface area contributed by atoms with Gasteiger partial charge in [-0.25, -0.2) is 0 Å². The van der Waals surface area contributed by atoms with Crippen LogP contribution in [-0.4, -0.2) is 34.7 Å². The number of benzene rings is 2. The van der Waals surface area contributed by atoms with E-state index >= 15 is 0 Å². The number of hydrogen-bond donors (Lipinski definition) is 1. The van der Waals surface area contributed by atoms with Crippen molar-refractivity contribution in [3.63, 3.8) is 0 Å². The molecule has 0 bridgehead atoms. The molecule has 2 amide bonds. The summed E-state index contributed by atoms with van der Waals surface area (Å²) < 4.78 is 0. The molecule has 1 fully saturated rings. The van der Waals surface area contributed by atoms with Gasteiger partial charge in [0, 0.05) is 23.7 Å². The molecule has 3 rings (SSSR count). The number of carbonyl (C=O) groups excluding carboxylic acids is 2. The molecule has 1 saturated heterocycles. The van der Waals surface area contributed by atoms with Gasteiger partial charge in [-0.1, -0.05) is 36.4 Å². The number of nitrogens with zero attached hydrogens (tertiary/aromatic N) is 2. The number of nitrogens with one attached hydrogen (secondary N) is 1. The van der Waals surface area contributed by atoms with Gasteiger partial charge in [0.25, 0.3) is 11.6 Å². The Labute approximate surface area is 157 Å². The van der Waals surface area contributed by atoms with Crippen LogP contribution in [-0.2, 0) is 4.79 Å². The van der Waals surface area contributed by atoms with Crippen molar-refractivity contribution in [2.75, 3.05) is 13.1 Å². The van der Waals surface area contributed by atoms with E-state index in [1.807, 2.05) is 30.3 Å². The van der Waals surface area contributed by atoms with Crippen LogP contribution < -0.4 is 5.32 Å². The molecule has 0 radical (unpaired) electrons. The van der Waals surface area contributed by atoms with Gasteiger partial charge in [-0.15, -0.1) is 0 Å². The van der Waals surface area contributed by atoms with Crippen LogP contribution in [0.15, 0.2) is 48.5 Å². The van der Waals surface area contributed by atoms with Crippen molar-refractivity contribution >= 4 is 17.5 Å². The van der Waals surface area contributed by atoms with Gasteiger partial charge in [-0.3, -0.25) is 19.7 Å². The minimum atomic E-state index is -0.522. The fourth-order valence-corrected chi connectivity index (χ4v) is 3.39. The first-order valence-electron chi connectivity index (χ1n) is 8.85. The van der Waals surface area contributed by atoms with Crippen molar-refractivity contribution in [3.05, 3.63) is 75.3 Å². The minimum Gasteiger partial charge on any atom is -0.343 e. The van der Waals surface area contributed by atoms with Crippen molar-refractivity contribution in [2.24, 2.45) is 0 Å². The van der Waals surface area contributed by atoms with Gasteiger partial charge < -0.3 is 10.2 Å². The van der Waals surface area contributed by atoms with Crippen LogP contribution >= 0.6 is 0 Å². The zero-order chi connectivity index (χ0) is 19.4. The van der Waals surface area contributed by atoms with Crippen LogP contribution in [0.3, 0.4) is 0 Å². The molecule has 0 aromatic heterocycles. The number of carbonyl (C=O) groups is 2. The fourth-order valence-electron chi connectivity index (χ4n) is 3.39. The first kappa shape index (κ1) is 18.6. The van der Waals surface area contributed by atoms with E-state index in [1.54, 1.807) is 11.8 Å². The van der Waals surface area contributed by atoms with E-state index in [9.17, 15) is 19.7 Å². The van der Waals surface area contributed by atoms with Gasteiger partial charge >= 0.3 is 0 Å². The molecule has 2 aromatic rings. The van der Waals surface area contributed by atoms with Gasteiger partial charge in [0.15, 0.2) is 0 Å². The quantitative estimate of drug-likeness (QED) is 0.649. The lowest BCUT2D eigenvalue weighted by atomic mass is 10.0. The zero-order valence-electron chi connectivity index (χ0n) is 15.1. The van der Waals surface area contributed by atoms with Crippen molar-refractivity contribution < 1.29 is 14.5 Å². The number of hydrogen-bond acceptors (Lipinski definition) is 4. The molecule has 1 atom stereocenters. The Morgan fingerprint density at radius 1 is 1.22 bits per heavy atom. The van der Waals surface area contributed by atoms with E-state index in [2.05, 4.69) is 5.32 Å². The predicted octanol–water partition coefficient (Wildman–Crippen LogP) is 3.00. The molecule has 7 heteroatoms. The van der Waals surface area contributed by atoms with Crippen LogP contribution in [0, 0.1) is 17.0 Å². The van der Waals surface area contributed by atoms with Gasteiger partial charge in [0.05, 0.1) is 17.5 Å². The fraction of sp³-hybridized carbons (Fsp3) is 0.300. The Morgan fingerprint density at radius 3 is 2.67 bits per heavy atom. The molecule has 140 valence electrons. The molecule has 2 aromatic carbocycles. The lowest BCUT2D eigenvalue weighted by molar-refractivity contribution is -0.385. The molecule has 1 heterocycles. The molecule has 27 heavy (non-hydrogen) atoms. The Kier molecular flexibility index (Phi) is 5.49. The Bertz CT molecular complexity index is 867. The van der Waals surface area contributed by atoms with Crippen LogP contribution in [0.1, 0.15) is 40.4 Å². The maximum atomic E-state index is 12.6. The predicted molar refractivity (Wildman–Crippen MR) is 100 cm³/mol. The van der Waals surface area contributed by atoms with E-state index < -0.39 is 10.8 Å². The molecule has 1 aliphatic rings. The van der Waals surface area contributed by atoms with Crippen LogP contribution in [0.4, 0.5) is 5.69 Å². The van der Waals surface area contributed by atoms with E-state index in [4.69, 9.17) is 0 Å². The Hall–Kier alpha value is -3.22. The third-order valence-corrected chi connectivity index (χ3v) is 4.83. The summed E-state index contributed by atoms with van der Waals surface area (Å²) in [7, 11) is 0. The smallest absolute Gasteiger partial charge is 0.273 e. The SMILES string of the molecule is Cc1ccc(C(=O)NCC(=O)N2CCC[C@@H]2c2ccccc2)cc1[N+](=O)[O-]. The molecule has 1 N–H and O–H groups in total. The summed E-state index contributed by atoms with van der Waals surface area (Å²) in [6.07, 6.45) is 1.82. The summed E-state index contributed by atoms with van der Waals surface area (Å²) in [5, 5.41) is 13.6. The highest BCUT2D eigenvalue weighted by atomic mass is 16.6. The van der Waals surface area contributed by atoms with Crippen molar-refractivity contribution in [2.45, 2.75) is 25.8 Å². The maximum absolute atomic E-state index is 12.6. The standard InChI is InChI=1S/C20H21N3O4/c1-14-9-10-16(12-18(14)23(26)27)20(25)21-13-19(24)22-11-5-8-17(22)15-6-3-2-4-7-15/h2-4,6-7,9-10,12,17H,5,8,11,13H2,1H3,(H,21,25)/t17-/m1/s1. The second-order valence-electron chi connectivity index (χ2n) is 6.60. The highest BCUT2D eigenvalue weighted by molar-refractivity contribution is 5.97. The molecular weight excluding hydrogens is 346 g/mol. The summed E-state index contributed by atoms with van der Waals surface area (Å²) in [5.41, 5.74) is 1.62. The molecule has 1 aliphatic heterocycles. The van der Waals surface area contributed by atoms with Gasteiger partial charge in [-0.05, 0) is 31.4 Å². The number of amides is 2. The first-order valence-corrected chi connectivity index (χ1v) is 8.85. The summed E-state index contributed by atoms with van der Waals surface area (Å²) in [5.74, 6) is -0.654. The van der Waals surface area contributed by atoms with Crippen LogP contribution in [0.5, 0.6) is 0 Å². The number of aryl methyl sites for hydroxylation is 1. The van der Waals surface area contributed by atoms with Gasteiger partial charge in [-0.2, -0.15) is 0 Å². The number of nitro groups is 1. The first-order chi connectivity index (χ1) is 13.0. The normalized spacial score (nSPS) is 16.2. The molecule has 0 unspecified atom stereocenters. The van der Waals surface area contributed by atoms with Gasteiger partial charge in [0.2, 0.25) is 5.91 Å². The summed E-state index contributed by atoms with van der Waals surface area (Å²) >= 11 is 0. The lowest BCUT2D eigenvalue weighted by Crippen LogP contribution is -2.39. The van der Waals surface area contributed by atoms with Crippen molar-refractivity contribution in [3.8, 4) is 0 Å². The summed E-state index contributed by atoms with van der Waals surface area (Å²) in [6, 6.07) is 14.1. The Morgan fingerprint density at radius 2 is 1.96 bits per heavy atom. The average molecular weight is 367 g/mol. The largest absolute Gasteiger partial charge is 0.343 e. The van der Waals surface area contributed by atoms with Crippen molar-refractivity contribution in [1.82, 2.24) is 10.2 Å². The maximum Gasteiger partial charge on any atom is 0.273 e. The van der Waals surface area contributed by atoms with Crippen LogP contribution in [0.2, 0.25) is 0 Å². The minimum absolute atomic E-state index is 0.0241. The van der Waals surface area contributed by atoms with E-state index in [0.29, 0.717) is 12.1 Å². The number of nitro benzene ring substituents is 1. The number of rotatable bonds is 5. The highest BCUT2D eigenvalue weighted by Crippen LogP contribution is 2.31. The van der Waals surface area contributed by atoms with E-state index in [1.165, 1.54) is 18.2 Å².